The Morgan fingerprint density at radius 2 is 0.897 bits per heavy atom. The van der Waals surface area contributed by atoms with Crippen molar-refractivity contribution in [3.05, 3.63) is 104 Å². The molecule has 39 heavy (non-hydrogen) atoms. The molecule has 3 aromatic carbocycles. The third-order valence-corrected chi connectivity index (χ3v) is 9.75. The van der Waals surface area contributed by atoms with E-state index in [1.165, 1.54) is 20.8 Å². The minimum absolute atomic E-state index is 0.191. The van der Waals surface area contributed by atoms with Crippen molar-refractivity contribution in [2.45, 2.75) is 95.3 Å². The molecule has 208 valence electrons. The number of benzene rings is 3. The van der Waals surface area contributed by atoms with Gasteiger partial charge in [0.2, 0.25) is 0 Å². The number of esters is 1. The minimum Gasteiger partial charge on any atom is -0.456 e. The van der Waals surface area contributed by atoms with Gasteiger partial charge in [-0.05, 0) is 36.4 Å². The van der Waals surface area contributed by atoms with Gasteiger partial charge in [-0.2, -0.15) is 0 Å². The Morgan fingerprint density at radius 1 is 0.615 bits per heavy atom. The van der Waals surface area contributed by atoms with Crippen LogP contribution >= 0.6 is 35.3 Å². The zero-order valence-electron chi connectivity index (χ0n) is 24.1. The molecule has 0 unspecified atom stereocenters. The zero-order chi connectivity index (χ0) is 28.6. The summed E-state index contributed by atoms with van der Waals surface area (Å²) in [6, 6.07) is 31.4. The standard InChI is InChI=1S/C34H42O2S3/c1-8-30(35)36-34(24-31(2,3)37-27-18-12-9-13-19-27,25-32(4,5)38-28-20-14-10-15-21-28)26-33(6,7)39-29-22-16-11-17-23-29/h8-23H,1,24-26H2,2-7H3. The van der Waals surface area contributed by atoms with Crippen LogP contribution in [0.4, 0.5) is 0 Å². The molecule has 0 aliphatic heterocycles. The number of carbonyl (C=O) groups is 1. The van der Waals surface area contributed by atoms with Gasteiger partial charge in [0.15, 0.2) is 0 Å². The Bertz CT molecular complexity index is 1050. The third kappa shape index (κ3) is 10.8. The number of hydrogen-bond acceptors (Lipinski definition) is 5. The fourth-order valence-corrected chi connectivity index (χ4v) is 9.21. The van der Waals surface area contributed by atoms with Crippen molar-refractivity contribution in [3.63, 3.8) is 0 Å². The molecule has 0 heterocycles. The first kappa shape index (κ1) is 31.4. The van der Waals surface area contributed by atoms with E-state index >= 15 is 0 Å². The van der Waals surface area contributed by atoms with E-state index < -0.39 is 5.60 Å². The average Bonchev–Trinajstić information content (AvgIpc) is 2.83. The Labute approximate surface area is 248 Å². The predicted molar refractivity (Wildman–Crippen MR) is 172 cm³/mol. The van der Waals surface area contributed by atoms with Gasteiger partial charge in [-0.15, -0.1) is 35.3 Å². The monoisotopic (exact) mass is 578 g/mol. The highest BCUT2D eigenvalue weighted by molar-refractivity contribution is 8.01. The van der Waals surface area contributed by atoms with Gasteiger partial charge >= 0.3 is 5.97 Å². The first-order valence-corrected chi connectivity index (χ1v) is 15.8. The van der Waals surface area contributed by atoms with Gasteiger partial charge in [-0.1, -0.05) is 103 Å². The topological polar surface area (TPSA) is 26.3 Å². The summed E-state index contributed by atoms with van der Waals surface area (Å²) >= 11 is 5.51. The third-order valence-electron chi connectivity index (χ3n) is 6.14. The number of rotatable bonds is 14. The van der Waals surface area contributed by atoms with E-state index in [1.54, 1.807) is 0 Å². The maximum atomic E-state index is 13.0. The number of hydrogen-bond donors (Lipinski definition) is 0. The molecule has 0 N–H and O–H groups in total. The number of carbonyl (C=O) groups excluding carboxylic acids is 1. The molecule has 3 rings (SSSR count). The molecule has 0 saturated heterocycles. The van der Waals surface area contributed by atoms with E-state index in [1.807, 2.05) is 53.5 Å². The summed E-state index contributed by atoms with van der Waals surface area (Å²) in [7, 11) is 0. The summed E-state index contributed by atoms with van der Waals surface area (Å²) in [5.41, 5.74) is -0.715. The van der Waals surface area contributed by atoms with E-state index in [2.05, 4.69) is 121 Å². The fraction of sp³-hybridized carbons (Fsp3) is 0.382. The Hall–Kier alpha value is -2.08. The van der Waals surface area contributed by atoms with Crippen LogP contribution in [0.2, 0.25) is 0 Å². The highest BCUT2D eigenvalue weighted by atomic mass is 32.2. The molecule has 2 nitrogen and oxygen atoms in total. The normalized spacial score (nSPS) is 12.7. The molecule has 0 saturated carbocycles. The number of thioether (sulfide) groups is 3. The van der Waals surface area contributed by atoms with Crippen molar-refractivity contribution in [2.75, 3.05) is 0 Å². The largest absolute Gasteiger partial charge is 0.456 e. The summed E-state index contributed by atoms with van der Waals surface area (Å²) in [6.45, 7) is 17.3. The molecule has 0 atom stereocenters. The van der Waals surface area contributed by atoms with Crippen LogP contribution in [0, 0.1) is 0 Å². The maximum Gasteiger partial charge on any atom is 0.330 e. The fourth-order valence-electron chi connectivity index (χ4n) is 5.41. The van der Waals surface area contributed by atoms with Crippen molar-refractivity contribution in [2.24, 2.45) is 0 Å². The van der Waals surface area contributed by atoms with Crippen LogP contribution in [0.1, 0.15) is 60.8 Å². The molecule has 0 aliphatic rings. The van der Waals surface area contributed by atoms with E-state index in [4.69, 9.17) is 4.74 Å². The van der Waals surface area contributed by atoms with Gasteiger partial charge in [0.1, 0.15) is 5.60 Å². The average molecular weight is 579 g/mol. The molecule has 0 aromatic heterocycles. The summed E-state index contributed by atoms with van der Waals surface area (Å²) < 4.78 is 5.94. The predicted octanol–water partition coefficient (Wildman–Crippen LogP) is 10.3. The second-order valence-corrected chi connectivity index (χ2v) is 17.2. The molecule has 0 amide bonds. The summed E-state index contributed by atoms with van der Waals surface area (Å²) in [5, 5.41) is 0. The van der Waals surface area contributed by atoms with E-state index in [0.29, 0.717) is 19.3 Å². The second kappa shape index (κ2) is 13.5. The Kier molecular flexibility index (Phi) is 10.9. The van der Waals surface area contributed by atoms with E-state index in [-0.39, 0.29) is 20.2 Å². The molecule has 3 aromatic rings. The van der Waals surface area contributed by atoms with Crippen molar-refractivity contribution in [1.29, 1.82) is 0 Å². The Morgan fingerprint density at radius 3 is 1.15 bits per heavy atom. The van der Waals surface area contributed by atoms with Gasteiger partial charge < -0.3 is 4.74 Å². The van der Waals surface area contributed by atoms with E-state index in [0.717, 1.165) is 0 Å². The summed E-state index contributed by atoms with van der Waals surface area (Å²) in [6.07, 6.45) is 3.42. The first-order valence-electron chi connectivity index (χ1n) is 13.4. The first-order chi connectivity index (χ1) is 18.3. The van der Waals surface area contributed by atoms with Gasteiger partial charge in [0.25, 0.3) is 0 Å². The Balaban J connectivity index is 2.01. The van der Waals surface area contributed by atoms with Crippen LogP contribution in [0.3, 0.4) is 0 Å². The molecular formula is C34H42O2S3. The van der Waals surface area contributed by atoms with Crippen LogP contribution in [0.25, 0.3) is 0 Å². The van der Waals surface area contributed by atoms with Crippen molar-refractivity contribution < 1.29 is 9.53 Å². The van der Waals surface area contributed by atoms with Gasteiger partial charge in [-0.25, -0.2) is 4.79 Å². The van der Waals surface area contributed by atoms with Crippen LogP contribution in [0.5, 0.6) is 0 Å². The quantitative estimate of drug-likeness (QED) is 0.108. The molecule has 0 fully saturated rings. The summed E-state index contributed by atoms with van der Waals surface area (Å²) in [5.74, 6) is -0.364. The lowest BCUT2D eigenvalue weighted by Gasteiger charge is -2.46. The second-order valence-electron chi connectivity index (χ2n) is 11.9. The molecule has 0 radical (unpaired) electrons. The van der Waals surface area contributed by atoms with Crippen LogP contribution < -0.4 is 0 Å². The minimum atomic E-state index is -0.715. The molecule has 5 heteroatoms. The van der Waals surface area contributed by atoms with Crippen molar-refractivity contribution >= 4 is 41.3 Å². The van der Waals surface area contributed by atoms with Crippen LogP contribution in [0.15, 0.2) is 118 Å². The zero-order valence-corrected chi connectivity index (χ0v) is 26.6. The molecule has 0 bridgehead atoms. The van der Waals surface area contributed by atoms with Crippen LogP contribution in [-0.2, 0) is 9.53 Å². The molecule has 0 aliphatic carbocycles. The van der Waals surface area contributed by atoms with Crippen molar-refractivity contribution in [1.82, 2.24) is 0 Å². The highest BCUT2D eigenvalue weighted by Gasteiger charge is 2.47. The maximum absolute atomic E-state index is 13.0. The van der Waals surface area contributed by atoms with Gasteiger partial charge in [0.05, 0.1) is 0 Å². The SMILES string of the molecule is C=CC(=O)OC(CC(C)(C)Sc1ccccc1)(CC(C)(C)Sc1ccccc1)CC(C)(C)Sc1ccccc1. The van der Waals surface area contributed by atoms with Gasteiger partial charge in [-0.3, -0.25) is 0 Å². The molecular weight excluding hydrogens is 537 g/mol. The van der Waals surface area contributed by atoms with Crippen LogP contribution in [-0.4, -0.2) is 25.8 Å². The van der Waals surface area contributed by atoms with Crippen molar-refractivity contribution in [3.8, 4) is 0 Å². The molecule has 0 spiro atoms. The summed E-state index contributed by atoms with van der Waals surface area (Å²) in [4.78, 5) is 16.6. The number of ether oxygens (including phenoxy) is 1. The smallest absolute Gasteiger partial charge is 0.330 e. The lowest BCUT2D eigenvalue weighted by molar-refractivity contribution is -0.158. The van der Waals surface area contributed by atoms with E-state index in [9.17, 15) is 4.79 Å². The van der Waals surface area contributed by atoms with Gasteiger partial charge in [0, 0.05) is 54.3 Å². The highest BCUT2D eigenvalue weighted by Crippen LogP contribution is 2.51. The lowest BCUT2D eigenvalue weighted by Crippen LogP contribution is -2.48. The lowest BCUT2D eigenvalue weighted by atomic mass is 9.78.